The molecular formula is C15H24F2N2. The zero-order valence-electron chi connectivity index (χ0n) is 12.2. The molecule has 4 heteroatoms. The molecule has 1 aromatic rings. The van der Waals surface area contributed by atoms with Gasteiger partial charge in [0.05, 0.1) is 0 Å². The summed E-state index contributed by atoms with van der Waals surface area (Å²) in [5.41, 5.74) is 6.58. The average Bonchev–Trinajstić information content (AvgIpc) is 2.32. The fourth-order valence-corrected chi connectivity index (χ4v) is 2.30. The zero-order valence-corrected chi connectivity index (χ0v) is 12.2. The van der Waals surface area contributed by atoms with E-state index in [4.69, 9.17) is 5.73 Å². The van der Waals surface area contributed by atoms with Gasteiger partial charge in [0.1, 0.15) is 0 Å². The Morgan fingerprint density at radius 2 is 1.74 bits per heavy atom. The van der Waals surface area contributed by atoms with Crippen LogP contribution in [0.1, 0.15) is 39.3 Å². The van der Waals surface area contributed by atoms with Gasteiger partial charge in [0, 0.05) is 25.2 Å². The Morgan fingerprint density at radius 3 is 2.16 bits per heavy atom. The number of nitrogens with two attached hydrogens (primary N) is 1. The molecule has 0 fully saturated rings. The maximum absolute atomic E-state index is 13.4. The topological polar surface area (TPSA) is 29.3 Å². The lowest BCUT2D eigenvalue weighted by atomic mass is 10.0. The highest BCUT2D eigenvalue weighted by molar-refractivity contribution is 5.22. The summed E-state index contributed by atoms with van der Waals surface area (Å²) in [5.74, 6) is -1.15. The summed E-state index contributed by atoms with van der Waals surface area (Å²) in [4.78, 5) is 2.23. The van der Waals surface area contributed by atoms with Crippen molar-refractivity contribution in [3.63, 3.8) is 0 Å². The quantitative estimate of drug-likeness (QED) is 0.859. The van der Waals surface area contributed by atoms with Gasteiger partial charge in [-0.3, -0.25) is 4.90 Å². The normalized spacial score (nSPS) is 13.6. The first-order valence-corrected chi connectivity index (χ1v) is 6.77. The summed E-state index contributed by atoms with van der Waals surface area (Å²) in [6.07, 6.45) is 0. The molecule has 1 unspecified atom stereocenters. The second kappa shape index (κ2) is 6.96. The monoisotopic (exact) mass is 270 g/mol. The third-order valence-electron chi connectivity index (χ3n) is 3.19. The first-order valence-electron chi connectivity index (χ1n) is 6.77. The molecule has 1 atom stereocenters. The highest BCUT2D eigenvalue weighted by Gasteiger charge is 2.23. The molecule has 0 aromatic heterocycles. The van der Waals surface area contributed by atoms with Gasteiger partial charge in [-0.25, -0.2) is 8.78 Å². The molecular weight excluding hydrogens is 246 g/mol. The van der Waals surface area contributed by atoms with Crippen molar-refractivity contribution >= 4 is 0 Å². The van der Waals surface area contributed by atoms with Gasteiger partial charge in [0.25, 0.3) is 0 Å². The van der Waals surface area contributed by atoms with E-state index in [1.54, 1.807) is 6.07 Å². The van der Waals surface area contributed by atoms with Crippen molar-refractivity contribution in [2.75, 3.05) is 13.1 Å². The SMILES string of the molecule is CC(C)CN(C(C)C)C(CN)c1ccc(F)c(F)c1. The molecule has 108 valence electrons. The second-order valence-electron chi connectivity index (χ2n) is 5.61. The van der Waals surface area contributed by atoms with Gasteiger partial charge in [-0.15, -0.1) is 0 Å². The van der Waals surface area contributed by atoms with Gasteiger partial charge in [-0.2, -0.15) is 0 Å². The number of rotatable bonds is 6. The highest BCUT2D eigenvalue weighted by atomic mass is 19.2. The van der Waals surface area contributed by atoms with Crippen LogP contribution in [0, 0.1) is 17.6 Å². The summed E-state index contributed by atoms with van der Waals surface area (Å²) < 4.78 is 26.4. The molecule has 19 heavy (non-hydrogen) atoms. The highest BCUT2D eigenvalue weighted by Crippen LogP contribution is 2.24. The van der Waals surface area contributed by atoms with Gasteiger partial charge in [-0.1, -0.05) is 19.9 Å². The van der Waals surface area contributed by atoms with Crippen molar-refractivity contribution in [1.82, 2.24) is 4.90 Å². The van der Waals surface area contributed by atoms with E-state index in [1.165, 1.54) is 12.1 Å². The van der Waals surface area contributed by atoms with Gasteiger partial charge in [-0.05, 0) is 37.5 Å². The second-order valence-corrected chi connectivity index (χ2v) is 5.61. The number of benzene rings is 1. The van der Waals surface area contributed by atoms with Crippen molar-refractivity contribution < 1.29 is 8.78 Å². The summed E-state index contributed by atoms with van der Waals surface area (Å²) in [6.45, 7) is 9.70. The maximum Gasteiger partial charge on any atom is 0.159 e. The largest absolute Gasteiger partial charge is 0.329 e. The molecule has 1 rings (SSSR count). The van der Waals surface area contributed by atoms with Gasteiger partial charge >= 0.3 is 0 Å². The van der Waals surface area contributed by atoms with Crippen LogP contribution < -0.4 is 5.73 Å². The van der Waals surface area contributed by atoms with Crippen LogP contribution >= 0.6 is 0 Å². The molecule has 0 spiro atoms. The van der Waals surface area contributed by atoms with Gasteiger partial charge < -0.3 is 5.73 Å². The van der Waals surface area contributed by atoms with Crippen LogP contribution in [0.4, 0.5) is 8.78 Å². The fraction of sp³-hybridized carbons (Fsp3) is 0.600. The summed E-state index contributed by atoms with van der Waals surface area (Å²) >= 11 is 0. The molecule has 0 heterocycles. The van der Waals surface area contributed by atoms with Gasteiger partial charge in [0.15, 0.2) is 11.6 Å². The molecule has 2 N–H and O–H groups in total. The Bertz CT molecular complexity index is 405. The number of hydrogen-bond acceptors (Lipinski definition) is 2. The zero-order chi connectivity index (χ0) is 14.6. The van der Waals surface area contributed by atoms with Crippen LogP contribution in [0.25, 0.3) is 0 Å². The Balaban J connectivity index is 3.04. The van der Waals surface area contributed by atoms with E-state index < -0.39 is 11.6 Å². The van der Waals surface area contributed by atoms with Crippen LogP contribution in [-0.2, 0) is 0 Å². The summed E-state index contributed by atoms with van der Waals surface area (Å²) in [7, 11) is 0. The van der Waals surface area contributed by atoms with E-state index in [1.807, 2.05) is 0 Å². The van der Waals surface area contributed by atoms with Gasteiger partial charge in [0.2, 0.25) is 0 Å². The molecule has 0 bridgehead atoms. The molecule has 0 aliphatic carbocycles. The van der Waals surface area contributed by atoms with Crippen molar-refractivity contribution in [3.05, 3.63) is 35.4 Å². The Kier molecular flexibility index (Phi) is 5.88. The Hall–Kier alpha value is -1.00. The first-order chi connectivity index (χ1) is 8.86. The number of nitrogens with zero attached hydrogens (tertiary/aromatic N) is 1. The molecule has 0 aliphatic heterocycles. The summed E-state index contributed by atoms with van der Waals surface area (Å²) in [5, 5.41) is 0. The Labute approximate surface area is 114 Å². The lowest BCUT2D eigenvalue weighted by Gasteiger charge is -2.36. The van der Waals surface area contributed by atoms with Crippen LogP contribution in [0.15, 0.2) is 18.2 Å². The van der Waals surface area contributed by atoms with Crippen molar-refractivity contribution in [1.29, 1.82) is 0 Å². The minimum atomic E-state index is -0.820. The molecule has 0 aliphatic rings. The Morgan fingerprint density at radius 1 is 1.11 bits per heavy atom. The van der Waals surface area contributed by atoms with E-state index >= 15 is 0 Å². The molecule has 0 saturated heterocycles. The first kappa shape index (κ1) is 16.1. The molecule has 0 amide bonds. The third-order valence-corrected chi connectivity index (χ3v) is 3.19. The number of hydrogen-bond donors (Lipinski definition) is 1. The molecule has 1 aromatic carbocycles. The lowest BCUT2D eigenvalue weighted by Crippen LogP contribution is -2.40. The summed E-state index contributed by atoms with van der Waals surface area (Å²) in [6, 6.07) is 4.25. The third kappa shape index (κ3) is 4.25. The number of halogens is 2. The van der Waals surface area contributed by atoms with E-state index in [-0.39, 0.29) is 6.04 Å². The van der Waals surface area contributed by atoms with Crippen molar-refractivity contribution in [2.45, 2.75) is 39.8 Å². The van der Waals surface area contributed by atoms with Crippen LogP contribution in [0.3, 0.4) is 0 Å². The minimum Gasteiger partial charge on any atom is -0.329 e. The van der Waals surface area contributed by atoms with Crippen LogP contribution in [-0.4, -0.2) is 24.0 Å². The predicted octanol–water partition coefficient (Wildman–Crippen LogP) is 3.33. The molecule has 2 nitrogen and oxygen atoms in total. The van der Waals surface area contributed by atoms with E-state index in [2.05, 4.69) is 32.6 Å². The smallest absolute Gasteiger partial charge is 0.159 e. The predicted molar refractivity (Wildman–Crippen MR) is 74.8 cm³/mol. The minimum absolute atomic E-state index is 0.0856. The van der Waals surface area contributed by atoms with Crippen LogP contribution in [0.5, 0.6) is 0 Å². The fourth-order valence-electron chi connectivity index (χ4n) is 2.30. The lowest BCUT2D eigenvalue weighted by molar-refractivity contribution is 0.138. The average molecular weight is 270 g/mol. The standard InChI is InChI=1S/C15H24F2N2/c1-10(2)9-19(11(3)4)15(8-18)12-5-6-13(16)14(17)7-12/h5-7,10-11,15H,8-9,18H2,1-4H3. The van der Waals surface area contributed by atoms with Crippen molar-refractivity contribution in [3.8, 4) is 0 Å². The maximum atomic E-state index is 13.4. The van der Waals surface area contributed by atoms with Crippen molar-refractivity contribution in [2.24, 2.45) is 11.7 Å². The van der Waals surface area contributed by atoms with E-state index in [0.717, 1.165) is 12.1 Å². The van der Waals surface area contributed by atoms with Crippen LogP contribution in [0.2, 0.25) is 0 Å². The van der Waals surface area contributed by atoms with E-state index in [9.17, 15) is 8.78 Å². The van der Waals surface area contributed by atoms with E-state index in [0.29, 0.717) is 18.5 Å². The molecule has 0 saturated carbocycles. The molecule has 0 radical (unpaired) electrons.